The second-order valence-corrected chi connectivity index (χ2v) is 5.61. The molecule has 114 valence electrons. The van der Waals surface area contributed by atoms with E-state index in [9.17, 15) is 0 Å². The Balaban J connectivity index is 2.06. The minimum atomic E-state index is 0.828. The topological polar surface area (TPSA) is 52.1 Å². The Labute approximate surface area is 137 Å². The monoisotopic (exact) mass is 312 g/mol. The van der Waals surface area contributed by atoms with E-state index in [1.54, 1.807) is 12.5 Å². The van der Waals surface area contributed by atoms with E-state index in [4.69, 9.17) is 9.05 Å². The third kappa shape index (κ3) is 1.80. The van der Waals surface area contributed by atoms with Crippen molar-refractivity contribution in [3.05, 3.63) is 73.2 Å². The van der Waals surface area contributed by atoms with E-state index in [1.165, 1.54) is 0 Å². The molecule has 0 aliphatic heterocycles. The van der Waals surface area contributed by atoms with Gasteiger partial charge in [-0.25, -0.2) is 0 Å². The Bertz CT molecular complexity index is 994. The van der Waals surface area contributed by atoms with E-state index in [1.807, 2.05) is 36.4 Å². The second kappa shape index (κ2) is 5.06. The SMILES string of the molecule is c1ccc2c(-c3ccon3)c3ccccc3c(-c3ccon3)c2c1. The van der Waals surface area contributed by atoms with Crippen molar-refractivity contribution in [3.63, 3.8) is 0 Å². The third-order valence-corrected chi connectivity index (χ3v) is 4.32. The predicted molar refractivity (Wildman–Crippen MR) is 92.4 cm³/mol. The Morgan fingerprint density at radius 2 is 0.875 bits per heavy atom. The van der Waals surface area contributed by atoms with Crippen molar-refractivity contribution in [1.82, 2.24) is 10.3 Å². The van der Waals surface area contributed by atoms with Crippen molar-refractivity contribution in [2.24, 2.45) is 0 Å². The molecule has 0 bridgehead atoms. The van der Waals surface area contributed by atoms with Crippen LogP contribution in [0.4, 0.5) is 0 Å². The van der Waals surface area contributed by atoms with E-state index in [0.717, 1.165) is 44.1 Å². The molecule has 0 atom stereocenters. The van der Waals surface area contributed by atoms with Gasteiger partial charge in [0.1, 0.15) is 23.9 Å². The van der Waals surface area contributed by atoms with Crippen molar-refractivity contribution in [2.45, 2.75) is 0 Å². The summed E-state index contributed by atoms with van der Waals surface area (Å²) in [5, 5.41) is 12.8. The lowest BCUT2D eigenvalue weighted by Crippen LogP contribution is -1.90. The molecule has 4 nitrogen and oxygen atoms in total. The Kier molecular flexibility index (Phi) is 2.76. The van der Waals surface area contributed by atoms with Crippen molar-refractivity contribution >= 4 is 21.5 Å². The summed E-state index contributed by atoms with van der Waals surface area (Å²) in [6, 6.07) is 20.4. The van der Waals surface area contributed by atoms with Gasteiger partial charge in [-0.3, -0.25) is 0 Å². The summed E-state index contributed by atoms with van der Waals surface area (Å²) in [5.41, 5.74) is 3.80. The number of rotatable bonds is 2. The summed E-state index contributed by atoms with van der Waals surface area (Å²) in [6.45, 7) is 0. The number of hydrogen-bond acceptors (Lipinski definition) is 4. The molecule has 2 aromatic heterocycles. The summed E-state index contributed by atoms with van der Waals surface area (Å²) in [7, 11) is 0. The molecule has 2 heterocycles. The maximum absolute atomic E-state index is 5.09. The lowest BCUT2D eigenvalue weighted by atomic mass is 9.89. The average Bonchev–Trinajstić information content (AvgIpc) is 3.33. The van der Waals surface area contributed by atoms with Crippen LogP contribution in [0.1, 0.15) is 0 Å². The van der Waals surface area contributed by atoms with Gasteiger partial charge in [0.2, 0.25) is 0 Å². The molecule has 0 radical (unpaired) electrons. The van der Waals surface area contributed by atoms with Crippen LogP contribution in [0.25, 0.3) is 44.1 Å². The quantitative estimate of drug-likeness (QED) is 0.415. The largest absolute Gasteiger partial charge is 0.364 e. The van der Waals surface area contributed by atoms with Gasteiger partial charge in [0.25, 0.3) is 0 Å². The molecule has 0 saturated heterocycles. The highest BCUT2D eigenvalue weighted by atomic mass is 16.5. The molecule has 5 rings (SSSR count). The first-order chi connectivity index (χ1) is 11.9. The van der Waals surface area contributed by atoms with Gasteiger partial charge in [-0.15, -0.1) is 0 Å². The maximum atomic E-state index is 5.09. The molecular weight excluding hydrogens is 300 g/mol. The highest BCUT2D eigenvalue weighted by Gasteiger charge is 2.18. The number of aromatic nitrogens is 2. The van der Waals surface area contributed by atoms with Gasteiger partial charge >= 0.3 is 0 Å². The van der Waals surface area contributed by atoms with E-state index < -0.39 is 0 Å². The molecule has 24 heavy (non-hydrogen) atoms. The summed E-state index contributed by atoms with van der Waals surface area (Å²) >= 11 is 0. The highest BCUT2D eigenvalue weighted by molar-refractivity contribution is 6.20. The fourth-order valence-electron chi connectivity index (χ4n) is 3.36. The minimum Gasteiger partial charge on any atom is -0.364 e. The zero-order valence-corrected chi connectivity index (χ0v) is 12.6. The van der Waals surface area contributed by atoms with Gasteiger partial charge in [-0.05, 0) is 21.5 Å². The standard InChI is InChI=1S/C20H12N2O2/c1-2-6-14-13(5-1)19(17-9-11-23-21-17)15-7-3-4-8-16(15)20(14)18-10-12-24-22-18/h1-12H. The predicted octanol–water partition coefficient (Wildman–Crippen LogP) is 5.30. The lowest BCUT2D eigenvalue weighted by molar-refractivity contribution is 0.422. The summed E-state index contributed by atoms with van der Waals surface area (Å²) < 4.78 is 10.2. The molecule has 0 spiro atoms. The van der Waals surface area contributed by atoms with Crippen LogP contribution in [0.15, 0.2) is 82.2 Å². The zero-order valence-electron chi connectivity index (χ0n) is 12.6. The Morgan fingerprint density at radius 1 is 0.500 bits per heavy atom. The average molecular weight is 312 g/mol. The van der Waals surface area contributed by atoms with Crippen LogP contribution >= 0.6 is 0 Å². The second-order valence-electron chi connectivity index (χ2n) is 5.61. The Hall–Kier alpha value is -3.40. The molecular formula is C20H12N2O2. The van der Waals surface area contributed by atoms with E-state index in [2.05, 4.69) is 34.6 Å². The summed E-state index contributed by atoms with van der Waals surface area (Å²) in [5.74, 6) is 0. The van der Waals surface area contributed by atoms with E-state index in [0.29, 0.717) is 0 Å². The molecule has 4 heteroatoms. The molecule has 0 fully saturated rings. The minimum absolute atomic E-state index is 0.828. The fourth-order valence-corrected chi connectivity index (χ4v) is 3.36. The summed E-state index contributed by atoms with van der Waals surface area (Å²) in [4.78, 5) is 0. The van der Waals surface area contributed by atoms with Crippen LogP contribution in [0.3, 0.4) is 0 Å². The third-order valence-electron chi connectivity index (χ3n) is 4.32. The van der Waals surface area contributed by atoms with Gasteiger partial charge < -0.3 is 9.05 Å². The van der Waals surface area contributed by atoms with Crippen LogP contribution in [0.5, 0.6) is 0 Å². The number of nitrogens with zero attached hydrogens (tertiary/aromatic N) is 2. The van der Waals surface area contributed by atoms with Crippen LogP contribution in [0, 0.1) is 0 Å². The van der Waals surface area contributed by atoms with Crippen molar-refractivity contribution in [3.8, 4) is 22.5 Å². The van der Waals surface area contributed by atoms with Crippen molar-refractivity contribution in [1.29, 1.82) is 0 Å². The molecule has 0 unspecified atom stereocenters. The van der Waals surface area contributed by atoms with Gasteiger partial charge in [-0.2, -0.15) is 0 Å². The molecule has 0 saturated carbocycles. The molecule has 0 aliphatic rings. The van der Waals surface area contributed by atoms with Crippen LogP contribution in [0.2, 0.25) is 0 Å². The van der Waals surface area contributed by atoms with Crippen LogP contribution in [-0.2, 0) is 0 Å². The normalized spacial score (nSPS) is 11.3. The zero-order chi connectivity index (χ0) is 15.9. The summed E-state index contributed by atoms with van der Waals surface area (Å²) in [6.07, 6.45) is 3.20. The van der Waals surface area contributed by atoms with Gasteiger partial charge in [0.15, 0.2) is 0 Å². The lowest BCUT2D eigenvalue weighted by Gasteiger charge is -2.14. The van der Waals surface area contributed by atoms with E-state index >= 15 is 0 Å². The molecule has 5 aromatic rings. The first kappa shape index (κ1) is 13.1. The van der Waals surface area contributed by atoms with Gasteiger partial charge in [0, 0.05) is 23.3 Å². The maximum Gasteiger partial charge on any atom is 0.124 e. The van der Waals surface area contributed by atoms with Crippen LogP contribution in [-0.4, -0.2) is 10.3 Å². The fraction of sp³-hybridized carbons (Fsp3) is 0. The molecule has 0 aliphatic carbocycles. The molecule has 0 amide bonds. The smallest absolute Gasteiger partial charge is 0.124 e. The van der Waals surface area contributed by atoms with Crippen molar-refractivity contribution < 1.29 is 9.05 Å². The first-order valence-corrected chi connectivity index (χ1v) is 7.68. The molecule has 0 N–H and O–H groups in total. The van der Waals surface area contributed by atoms with Gasteiger partial charge in [-0.1, -0.05) is 58.8 Å². The van der Waals surface area contributed by atoms with Gasteiger partial charge in [0.05, 0.1) is 0 Å². The van der Waals surface area contributed by atoms with E-state index in [-0.39, 0.29) is 0 Å². The first-order valence-electron chi connectivity index (χ1n) is 7.68. The number of hydrogen-bond donors (Lipinski definition) is 0. The highest BCUT2D eigenvalue weighted by Crippen LogP contribution is 2.42. The number of fused-ring (bicyclic) bond motifs is 2. The number of benzene rings is 3. The molecule has 3 aromatic carbocycles. The Morgan fingerprint density at radius 3 is 1.17 bits per heavy atom. The van der Waals surface area contributed by atoms with Crippen molar-refractivity contribution in [2.75, 3.05) is 0 Å². The van der Waals surface area contributed by atoms with Crippen LogP contribution < -0.4 is 0 Å².